The van der Waals surface area contributed by atoms with Crippen molar-refractivity contribution in [2.24, 2.45) is 4.99 Å². The fourth-order valence-electron chi connectivity index (χ4n) is 3.62. The summed E-state index contributed by atoms with van der Waals surface area (Å²) in [6, 6.07) is 20.8. The molecule has 0 saturated carbocycles. The maximum Gasteiger partial charge on any atom is 0.191 e. The maximum atomic E-state index is 10.2. The highest BCUT2D eigenvalue weighted by Gasteiger charge is 2.21. The van der Waals surface area contributed by atoms with E-state index in [9.17, 15) is 5.11 Å². The van der Waals surface area contributed by atoms with Gasteiger partial charge in [-0.05, 0) is 37.5 Å². The Balaban J connectivity index is 1.46. The second-order valence-electron chi connectivity index (χ2n) is 7.64. The second-order valence-corrected chi connectivity index (χ2v) is 7.64. The van der Waals surface area contributed by atoms with E-state index in [1.807, 2.05) is 43.3 Å². The predicted molar refractivity (Wildman–Crippen MR) is 123 cm³/mol. The Labute approximate surface area is 180 Å². The van der Waals surface area contributed by atoms with Gasteiger partial charge in [0.15, 0.2) is 5.96 Å². The average molecular weight is 411 g/mol. The first kappa shape index (κ1) is 22.1. The number of para-hydroxylation sites is 1. The topological polar surface area (TPSA) is 69.1 Å². The average Bonchev–Trinajstić information content (AvgIpc) is 2.79. The number of hydrogen-bond acceptors (Lipinski definition) is 4. The van der Waals surface area contributed by atoms with Gasteiger partial charge in [-0.3, -0.25) is 4.99 Å². The Kier molecular flexibility index (Phi) is 9.00. The molecule has 0 radical (unpaired) electrons. The van der Waals surface area contributed by atoms with Crippen LogP contribution in [0.5, 0.6) is 0 Å². The molecular weight excluding hydrogens is 376 g/mol. The van der Waals surface area contributed by atoms with Crippen molar-refractivity contribution in [2.45, 2.75) is 38.5 Å². The molecule has 162 valence electrons. The first-order valence-electron chi connectivity index (χ1n) is 10.9. The summed E-state index contributed by atoms with van der Waals surface area (Å²) in [5, 5.41) is 17.1. The molecule has 1 aliphatic rings. The maximum absolute atomic E-state index is 10.2. The summed E-state index contributed by atoms with van der Waals surface area (Å²) < 4.78 is 5.62. The lowest BCUT2D eigenvalue weighted by atomic mass is 10.1. The van der Waals surface area contributed by atoms with Crippen molar-refractivity contribution in [3.8, 4) is 0 Å². The van der Waals surface area contributed by atoms with Crippen LogP contribution in [0.2, 0.25) is 0 Å². The van der Waals surface area contributed by atoms with Crippen molar-refractivity contribution in [1.82, 2.24) is 10.6 Å². The van der Waals surface area contributed by atoms with E-state index in [1.165, 1.54) is 5.69 Å². The fraction of sp³-hybridized carbons (Fsp3) is 0.458. The van der Waals surface area contributed by atoms with E-state index < -0.39 is 6.10 Å². The number of guanidine groups is 1. The Morgan fingerprint density at radius 1 is 1.17 bits per heavy atom. The largest absolute Gasteiger partial charge is 0.389 e. The Hall–Kier alpha value is -2.57. The number of benzene rings is 2. The number of aliphatic hydroxyl groups excluding tert-OH is 1. The fourth-order valence-corrected chi connectivity index (χ4v) is 3.62. The van der Waals surface area contributed by atoms with Gasteiger partial charge in [-0.2, -0.15) is 0 Å². The van der Waals surface area contributed by atoms with Gasteiger partial charge in [0.1, 0.15) is 0 Å². The van der Waals surface area contributed by atoms with Gasteiger partial charge in [0, 0.05) is 31.4 Å². The van der Waals surface area contributed by atoms with Crippen LogP contribution in [-0.4, -0.2) is 56.0 Å². The van der Waals surface area contributed by atoms with Crippen LogP contribution in [0.3, 0.4) is 0 Å². The van der Waals surface area contributed by atoms with Crippen molar-refractivity contribution in [2.75, 3.05) is 37.7 Å². The van der Waals surface area contributed by atoms with Crippen LogP contribution < -0.4 is 15.5 Å². The molecule has 2 atom stereocenters. The van der Waals surface area contributed by atoms with Crippen LogP contribution >= 0.6 is 0 Å². The van der Waals surface area contributed by atoms with Gasteiger partial charge in [0.05, 0.1) is 25.9 Å². The summed E-state index contributed by atoms with van der Waals surface area (Å²) >= 11 is 0. The number of ether oxygens (including phenoxy) is 1. The van der Waals surface area contributed by atoms with Crippen LogP contribution in [0.1, 0.15) is 25.3 Å². The number of hydrogen-bond donors (Lipinski definition) is 3. The third kappa shape index (κ3) is 7.35. The molecule has 1 aliphatic heterocycles. The van der Waals surface area contributed by atoms with Crippen LogP contribution in [-0.2, 0) is 11.3 Å². The highest BCUT2D eigenvalue weighted by molar-refractivity contribution is 5.80. The molecule has 3 rings (SSSR count). The molecular formula is C24H34N4O2. The quantitative estimate of drug-likeness (QED) is 0.438. The first-order chi connectivity index (χ1) is 14.7. The zero-order valence-corrected chi connectivity index (χ0v) is 17.8. The van der Waals surface area contributed by atoms with Crippen LogP contribution in [0, 0.1) is 0 Å². The molecule has 1 saturated heterocycles. The summed E-state index contributed by atoms with van der Waals surface area (Å²) in [6.07, 6.45) is 1.62. The van der Waals surface area contributed by atoms with Gasteiger partial charge in [0.25, 0.3) is 0 Å². The number of rotatable bonds is 9. The SMILES string of the molecule is CCNC(=NCC(O)COCc1ccccc1)NC1CCCN(c2ccccc2)C1. The van der Waals surface area contributed by atoms with Crippen LogP contribution in [0.25, 0.3) is 0 Å². The lowest BCUT2D eigenvalue weighted by Crippen LogP contribution is -2.51. The molecule has 2 unspecified atom stereocenters. The Bertz CT molecular complexity index is 754. The zero-order chi connectivity index (χ0) is 21.0. The van der Waals surface area contributed by atoms with Crippen molar-refractivity contribution in [3.05, 3.63) is 66.2 Å². The van der Waals surface area contributed by atoms with Crippen molar-refractivity contribution < 1.29 is 9.84 Å². The standard InChI is InChI=1S/C24H34N4O2/c1-2-25-24(26-16-23(29)19-30-18-20-10-5-3-6-11-20)27-21-12-9-15-28(17-21)22-13-7-4-8-14-22/h3-8,10-11,13-14,21,23,29H,2,9,12,15-19H2,1H3,(H2,25,26,27). The van der Waals surface area contributed by atoms with Gasteiger partial charge in [-0.1, -0.05) is 48.5 Å². The van der Waals surface area contributed by atoms with E-state index >= 15 is 0 Å². The van der Waals surface area contributed by atoms with Gasteiger partial charge >= 0.3 is 0 Å². The normalized spacial score (nSPS) is 18.1. The molecule has 6 heteroatoms. The first-order valence-corrected chi connectivity index (χ1v) is 10.9. The van der Waals surface area contributed by atoms with E-state index in [0.29, 0.717) is 19.2 Å². The molecule has 0 spiro atoms. The summed E-state index contributed by atoms with van der Waals surface area (Å²) in [6.45, 7) is 5.92. The van der Waals surface area contributed by atoms with Crippen molar-refractivity contribution in [1.29, 1.82) is 0 Å². The number of aliphatic hydroxyl groups is 1. The zero-order valence-electron chi connectivity index (χ0n) is 17.8. The predicted octanol–water partition coefficient (Wildman–Crippen LogP) is 2.79. The Morgan fingerprint density at radius 2 is 1.90 bits per heavy atom. The van der Waals surface area contributed by atoms with E-state index in [0.717, 1.165) is 44.0 Å². The molecule has 0 aliphatic carbocycles. The highest BCUT2D eigenvalue weighted by atomic mass is 16.5. The van der Waals surface area contributed by atoms with Gasteiger partial charge in [0.2, 0.25) is 0 Å². The number of nitrogens with zero attached hydrogens (tertiary/aromatic N) is 2. The third-order valence-corrected chi connectivity index (χ3v) is 5.11. The van der Waals surface area contributed by atoms with E-state index in [1.54, 1.807) is 0 Å². The lowest BCUT2D eigenvalue weighted by Gasteiger charge is -2.35. The molecule has 2 aromatic rings. The smallest absolute Gasteiger partial charge is 0.191 e. The molecule has 1 heterocycles. The second kappa shape index (κ2) is 12.2. The summed E-state index contributed by atoms with van der Waals surface area (Å²) in [7, 11) is 0. The van der Waals surface area contributed by atoms with Crippen molar-refractivity contribution in [3.63, 3.8) is 0 Å². The molecule has 0 bridgehead atoms. The van der Waals surface area contributed by atoms with Gasteiger partial charge in [-0.25, -0.2) is 0 Å². The molecule has 1 fully saturated rings. The van der Waals surface area contributed by atoms with E-state index in [-0.39, 0.29) is 6.61 Å². The van der Waals surface area contributed by atoms with Crippen LogP contribution in [0.4, 0.5) is 5.69 Å². The van der Waals surface area contributed by atoms with Crippen LogP contribution in [0.15, 0.2) is 65.7 Å². The lowest BCUT2D eigenvalue weighted by molar-refractivity contribution is 0.0331. The van der Waals surface area contributed by atoms with Crippen molar-refractivity contribution >= 4 is 11.6 Å². The molecule has 0 aromatic heterocycles. The molecule has 6 nitrogen and oxygen atoms in total. The number of nitrogens with one attached hydrogen (secondary N) is 2. The molecule has 2 aromatic carbocycles. The minimum Gasteiger partial charge on any atom is -0.389 e. The molecule has 0 amide bonds. The number of aliphatic imine (C=N–C) groups is 1. The third-order valence-electron chi connectivity index (χ3n) is 5.11. The van der Waals surface area contributed by atoms with Gasteiger partial charge < -0.3 is 25.4 Å². The summed E-state index contributed by atoms with van der Waals surface area (Å²) in [5.41, 5.74) is 2.36. The minimum atomic E-state index is -0.628. The van der Waals surface area contributed by atoms with E-state index in [2.05, 4.69) is 44.8 Å². The molecule has 3 N–H and O–H groups in total. The van der Waals surface area contributed by atoms with E-state index in [4.69, 9.17) is 4.74 Å². The highest BCUT2D eigenvalue weighted by Crippen LogP contribution is 2.19. The summed E-state index contributed by atoms with van der Waals surface area (Å²) in [4.78, 5) is 6.99. The monoisotopic (exact) mass is 410 g/mol. The number of anilines is 1. The molecule has 30 heavy (non-hydrogen) atoms. The minimum absolute atomic E-state index is 0.267. The summed E-state index contributed by atoms with van der Waals surface area (Å²) in [5.74, 6) is 0.750. The van der Waals surface area contributed by atoms with Gasteiger partial charge in [-0.15, -0.1) is 0 Å². The Morgan fingerprint density at radius 3 is 2.63 bits per heavy atom. The number of piperidine rings is 1.